The van der Waals surface area contributed by atoms with Crippen molar-refractivity contribution in [3.63, 3.8) is 0 Å². The molecule has 2 aliphatic rings. The van der Waals surface area contributed by atoms with E-state index in [-0.39, 0.29) is 34.4 Å². The highest BCUT2D eigenvalue weighted by Gasteiger charge is 2.50. The maximum atomic E-state index is 13.4. The Morgan fingerprint density at radius 3 is 2.52 bits per heavy atom. The lowest BCUT2D eigenvalue weighted by Crippen LogP contribution is -2.34. The molecule has 0 spiro atoms. The van der Waals surface area contributed by atoms with Gasteiger partial charge in [0.1, 0.15) is 21.3 Å². The maximum Gasteiger partial charge on any atom is 0.272 e. The molecule has 2 aromatic rings. The van der Waals surface area contributed by atoms with Crippen LogP contribution in [0.15, 0.2) is 30.5 Å². The molecule has 0 radical (unpaired) electrons. The minimum absolute atomic E-state index is 0.0601. The summed E-state index contributed by atoms with van der Waals surface area (Å²) in [5.74, 6) is -0.399. The summed E-state index contributed by atoms with van der Waals surface area (Å²) in [4.78, 5) is 13.0. The van der Waals surface area contributed by atoms with Crippen molar-refractivity contribution in [1.29, 1.82) is 0 Å². The molecule has 4 rings (SSSR count). The number of rotatable bonds is 5. The first-order valence-corrected chi connectivity index (χ1v) is 12.7. The van der Waals surface area contributed by atoms with Crippen molar-refractivity contribution in [2.75, 3.05) is 17.3 Å². The highest BCUT2D eigenvalue weighted by atomic mass is 35.5. The molecular formula is C22H26ClFN2O4S. The number of hydrogen-bond donors (Lipinski definition) is 2. The van der Waals surface area contributed by atoms with Gasteiger partial charge in [-0.2, -0.15) is 0 Å². The molecule has 168 valence electrons. The first-order valence-electron chi connectivity index (χ1n) is 10.3. The number of carbonyl (C=O) groups excluding carboxylic acids is 1. The van der Waals surface area contributed by atoms with Crippen molar-refractivity contribution in [1.82, 2.24) is 4.57 Å². The smallest absolute Gasteiger partial charge is 0.272 e. The van der Waals surface area contributed by atoms with Crippen LogP contribution in [0, 0.1) is 17.7 Å². The zero-order valence-corrected chi connectivity index (χ0v) is 19.0. The molecule has 2 saturated carbocycles. The second kappa shape index (κ2) is 7.90. The van der Waals surface area contributed by atoms with Gasteiger partial charge in [-0.3, -0.25) is 4.79 Å². The monoisotopic (exact) mass is 468 g/mol. The van der Waals surface area contributed by atoms with Gasteiger partial charge in [-0.25, -0.2) is 12.8 Å². The molecule has 6 nitrogen and oxygen atoms in total. The van der Waals surface area contributed by atoms with Crippen LogP contribution in [0.2, 0.25) is 5.02 Å². The van der Waals surface area contributed by atoms with Gasteiger partial charge < -0.3 is 15.0 Å². The molecule has 2 atom stereocenters. The van der Waals surface area contributed by atoms with Crippen LogP contribution in [0.1, 0.15) is 47.7 Å². The van der Waals surface area contributed by atoms with Crippen LogP contribution in [0.4, 0.5) is 10.1 Å². The average Bonchev–Trinajstić information content (AvgIpc) is 3.27. The molecule has 2 aliphatic carbocycles. The third-order valence-corrected chi connectivity index (χ3v) is 7.94. The van der Waals surface area contributed by atoms with Gasteiger partial charge in [-0.1, -0.05) is 11.6 Å². The summed E-state index contributed by atoms with van der Waals surface area (Å²) in [6.07, 6.45) is 5.57. The molecule has 2 fully saturated rings. The third-order valence-electron chi connectivity index (χ3n) is 6.59. The van der Waals surface area contributed by atoms with Gasteiger partial charge in [0.05, 0.1) is 16.4 Å². The Balaban J connectivity index is 1.49. The maximum absolute atomic E-state index is 13.4. The van der Waals surface area contributed by atoms with E-state index in [1.807, 2.05) is 12.3 Å². The fourth-order valence-electron chi connectivity index (χ4n) is 5.57. The van der Waals surface area contributed by atoms with E-state index in [0.717, 1.165) is 24.7 Å². The fraction of sp³-hybridized carbons (Fsp3) is 0.500. The van der Waals surface area contributed by atoms with Gasteiger partial charge in [0.15, 0.2) is 0 Å². The zero-order valence-electron chi connectivity index (χ0n) is 17.4. The Kier molecular flexibility index (Phi) is 5.69. The number of fused-ring (bicyclic) bond motifs is 1. The lowest BCUT2D eigenvalue weighted by molar-refractivity contribution is 0.0613. The van der Waals surface area contributed by atoms with Crippen molar-refractivity contribution < 1.29 is 22.7 Å². The molecule has 31 heavy (non-hydrogen) atoms. The Hall–Kier alpha value is -1.90. The average molecular weight is 469 g/mol. The van der Waals surface area contributed by atoms with E-state index in [9.17, 15) is 22.7 Å². The number of halogens is 2. The Bertz CT molecular complexity index is 1120. The topological polar surface area (TPSA) is 88.4 Å². The fourth-order valence-corrected chi connectivity index (χ4v) is 6.96. The van der Waals surface area contributed by atoms with E-state index in [0.29, 0.717) is 24.2 Å². The molecule has 0 saturated heterocycles. The van der Waals surface area contributed by atoms with Crippen molar-refractivity contribution in [3.8, 4) is 0 Å². The number of amides is 1. The van der Waals surface area contributed by atoms with Crippen molar-refractivity contribution in [2.24, 2.45) is 18.9 Å². The second-order valence-electron chi connectivity index (χ2n) is 9.20. The standard InChI is InChI=1S/C22H26ClFN2O4S/c1-26-6-5-17(20(26)21(27)25-16-3-4-19(24)18(23)9-16)13-7-14-10-22(28,11-15(14)8-13)12-31(2,29)30/h3-6,9,13-15,28H,7-8,10-12H2,1-2H3,(H,25,27). The molecule has 2 N–H and O–H groups in total. The van der Waals surface area contributed by atoms with Gasteiger partial charge in [0.25, 0.3) is 5.91 Å². The number of nitrogens with zero attached hydrogens (tertiary/aromatic N) is 1. The van der Waals surface area contributed by atoms with E-state index in [2.05, 4.69) is 5.32 Å². The summed E-state index contributed by atoms with van der Waals surface area (Å²) >= 11 is 5.82. The highest BCUT2D eigenvalue weighted by molar-refractivity contribution is 7.90. The van der Waals surface area contributed by atoms with Crippen LogP contribution in [-0.4, -0.2) is 41.6 Å². The summed E-state index contributed by atoms with van der Waals surface area (Å²) in [6.45, 7) is 0. The van der Waals surface area contributed by atoms with Crippen LogP contribution in [0.3, 0.4) is 0 Å². The Morgan fingerprint density at radius 2 is 1.94 bits per heavy atom. The molecule has 1 heterocycles. The van der Waals surface area contributed by atoms with Gasteiger partial charge in [0, 0.05) is 25.2 Å². The molecule has 2 unspecified atom stereocenters. The quantitative estimate of drug-likeness (QED) is 0.699. The largest absolute Gasteiger partial charge is 0.389 e. The van der Waals surface area contributed by atoms with Gasteiger partial charge in [-0.15, -0.1) is 0 Å². The van der Waals surface area contributed by atoms with Crippen molar-refractivity contribution in [3.05, 3.63) is 52.6 Å². The summed E-state index contributed by atoms with van der Waals surface area (Å²) in [5.41, 5.74) is 0.746. The number of sulfone groups is 1. The number of anilines is 1. The van der Waals surface area contributed by atoms with E-state index in [4.69, 9.17) is 11.6 Å². The molecule has 0 aliphatic heterocycles. The van der Waals surface area contributed by atoms with Crippen molar-refractivity contribution in [2.45, 2.75) is 37.2 Å². The van der Waals surface area contributed by atoms with Crippen molar-refractivity contribution >= 4 is 33.0 Å². The zero-order chi connectivity index (χ0) is 22.6. The van der Waals surface area contributed by atoms with Crippen LogP contribution in [-0.2, 0) is 16.9 Å². The summed E-state index contributed by atoms with van der Waals surface area (Å²) < 4.78 is 38.5. The van der Waals surface area contributed by atoms with Gasteiger partial charge >= 0.3 is 0 Å². The minimum Gasteiger partial charge on any atom is -0.389 e. The number of carbonyl (C=O) groups is 1. The lowest BCUT2D eigenvalue weighted by Gasteiger charge is -2.24. The second-order valence-corrected chi connectivity index (χ2v) is 11.8. The molecular weight excluding hydrogens is 443 g/mol. The minimum atomic E-state index is -3.25. The Morgan fingerprint density at radius 1 is 1.29 bits per heavy atom. The lowest BCUT2D eigenvalue weighted by atomic mass is 9.91. The summed E-state index contributed by atoms with van der Waals surface area (Å²) in [7, 11) is -1.45. The highest BCUT2D eigenvalue weighted by Crippen LogP contribution is 2.54. The first kappa shape index (κ1) is 22.3. The normalized spacial score (nSPS) is 28.0. The van der Waals surface area contributed by atoms with Crippen LogP contribution >= 0.6 is 11.6 Å². The summed E-state index contributed by atoms with van der Waals surface area (Å²) in [6, 6.07) is 5.99. The van der Waals surface area contributed by atoms with Crippen LogP contribution < -0.4 is 5.32 Å². The predicted octanol–water partition coefficient (Wildman–Crippen LogP) is 3.75. The first-order chi connectivity index (χ1) is 14.4. The Labute approximate surface area is 186 Å². The van der Waals surface area contributed by atoms with E-state index in [1.54, 1.807) is 11.6 Å². The molecule has 0 bridgehead atoms. The molecule has 9 heteroatoms. The number of nitrogens with one attached hydrogen (secondary N) is 1. The SMILES string of the molecule is Cn1ccc(C2CC3CC(O)(CS(C)(=O)=O)CC3C2)c1C(=O)Nc1ccc(F)c(Cl)c1. The number of aliphatic hydroxyl groups is 1. The van der Waals surface area contributed by atoms with Crippen LogP contribution in [0.25, 0.3) is 0 Å². The third kappa shape index (κ3) is 4.66. The number of aryl methyl sites for hydroxylation is 1. The molecule has 1 amide bonds. The molecule has 1 aromatic heterocycles. The number of aromatic nitrogens is 1. The number of benzene rings is 1. The summed E-state index contributed by atoms with van der Waals surface area (Å²) in [5, 5.41) is 13.5. The van der Waals surface area contributed by atoms with E-state index >= 15 is 0 Å². The predicted molar refractivity (Wildman–Crippen MR) is 118 cm³/mol. The van der Waals surface area contributed by atoms with Gasteiger partial charge in [0.2, 0.25) is 0 Å². The van der Waals surface area contributed by atoms with Gasteiger partial charge in [-0.05, 0) is 73.3 Å². The van der Waals surface area contributed by atoms with Crippen LogP contribution in [0.5, 0.6) is 0 Å². The number of hydrogen-bond acceptors (Lipinski definition) is 4. The van der Waals surface area contributed by atoms with E-state index < -0.39 is 21.3 Å². The molecule has 1 aromatic carbocycles. The van der Waals surface area contributed by atoms with E-state index in [1.165, 1.54) is 18.2 Å².